The van der Waals surface area contributed by atoms with Crippen molar-refractivity contribution in [1.29, 1.82) is 0 Å². The molecule has 4 atom stereocenters. The number of aromatic nitrogens is 3. The molecule has 3 rings (SSSR count). The largest absolute Gasteiger partial charge is 0.480 e. The van der Waals surface area contributed by atoms with Crippen LogP contribution in [0.25, 0.3) is 10.9 Å². The van der Waals surface area contributed by atoms with E-state index in [0.29, 0.717) is 5.69 Å². The number of nitrogens with one attached hydrogen (secondary N) is 5. The average molecular weight is 543 g/mol. The Morgan fingerprint density at radius 3 is 2.23 bits per heavy atom. The van der Waals surface area contributed by atoms with Crippen molar-refractivity contribution >= 4 is 40.5 Å². The number of fused-ring (bicyclic) bond motifs is 1. The molecule has 0 spiro atoms. The molecule has 0 saturated heterocycles. The van der Waals surface area contributed by atoms with Crippen LogP contribution in [0.1, 0.15) is 17.7 Å². The average Bonchev–Trinajstić information content (AvgIpc) is 3.56. The van der Waals surface area contributed by atoms with Gasteiger partial charge in [-0.05, 0) is 18.1 Å². The highest BCUT2D eigenvalue weighted by molar-refractivity contribution is 5.96. The second-order valence-corrected chi connectivity index (χ2v) is 8.83. The van der Waals surface area contributed by atoms with E-state index >= 15 is 0 Å². The number of aromatic amines is 2. The summed E-state index contributed by atoms with van der Waals surface area (Å²) in [7, 11) is 0. The molecule has 0 bridgehead atoms. The molecule has 15 nitrogen and oxygen atoms in total. The number of primary amides is 1. The fourth-order valence-electron chi connectivity index (χ4n) is 3.87. The molecule has 3 aromatic rings. The maximum Gasteiger partial charge on any atom is 0.328 e. The van der Waals surface area contributed by atoms with Crippen LogP contribution in [0.4, 0.5) is 0 Å². The Morgan fingerprint density at radius 1 is 0.923 bits per heavy atom. The number of aliphatic hydroxyl groups is 1. The van der Waals surface area contributed by atoms with Crippen molar-refractivity contribution in [2.45, 2.75) is 43.4 Å². The van der Waals surface area contributed by atoms with Crippen LogP contribution in [0.2, 0.25) is 0 Å². The van der Waals surface area contributed by atoms with E-state index in [1.54, 1.807) is 6.20 Å². The zero-order valence-corrected chi connectivity index (χ0v) is 20.7. The van der Waals surface area contributed by atoms with Crippen molar-refractivity contribution in [2.24, 2.45) is 11.5 Å². The number of para-hydroxylation sites is 1. The van der Waals surface area contributed by atoms with E-state index in [1.807, 2.05) is 24.3 Å². The monoisotopic (exact) mass is 542 g/mol. The molecule has 2 aromatic heterocycles. The van der Waals surface area contributed by atoms with Crippen LogP contribution in [-0.2, 0) is 36.8 Å². The lowest BCUT2D eigenvalue weighted by Gasteiger charge is -2.24. The van der Waals surface area contributed by atoms with Gasteiger partial charge in [-0.1, -0.05) is 18.2 Å². The number of amides is 4. The SMILES string of the molecule is NC(=O)CC(NC(=O)C(N)Cc1c[nH]c2ccccc12)C(=O)NC(Cc1cnc[nH]1)C(=O)NC(CO)C(=O)O. The molecule has 4 amide bonds. The first-order chi connectivity index (χ1) is 18.6. The molecule has 208 valence electrons. The number of H-pyrrole nitrogens is 2. The minimum absolute atomic E-state index is 0.128. The van der Waals surface area contributed by atoms with Gasteiger partial charge in [0.05, 0.1) is 25.4 Å². The van der Waals surface area contributed by atoms with Gasteiger partial charge in [0.2, 0.25) is 23.6 Å². The van der Waals surface area contributed by atoms with Gasteiger partial charge in [-0.2, -0.15) is 0 Å². The van der Waals surface area contributed by atoms with Crippen LogP contribution in [0.15, 0.2) is 43.0 Å². The first-order valence-corrected chi connectivity index (χ1v) is 11.9. The Balaban J connectivity index is 1.72. The maximum absolute atomic E-state index is 13.1. The number of aliphatic carboxylic acids is 1. The lowest BCUT2D eigenvalue weighted by molar-refractivity contribution is -0.143. The van der Waals surface area contributed by atoms with Crippen LogP contribution in [0.5, 0.6) is 0 Å². The van der Waals surface area contributed by atoms with E-state index in [2.05, 4.69) is 30.9 Å². The molecule has 0 radical (unpaired) electrons. The number of aliphatic hydroxyl groups excluding tert-OH is 1. The van der Waals surface area contributed by atoms with Crippen LogP contribution >= 0.6 is 0 Å². The number of carboxylic acid groups (broad SMARTS) is 1. The fraction of sp³-hybridized carbons (Fsp3) is 0.333. The first kappa shape index (κ1) is 28.8. The van der Waals surface area contributed by atoms with Crippen LogP contribution in [0, 0.1) is 0 Å². The molecule has 0 fully saturated rings. The second kappa shape index (κ2) is 13.2. The number of nitrogens with zero attached hydrogens (tertiary/aromatic N) is 1. The Labute approximate surface area is 221 Å². The smallest absolute Gasteiger partial charge is 0.328 e. The van der Waals surface area contributed by atoms with E-state index in [-0.39, 0.29) is 12.8 Å². The topological polar surface area (TPSA) is 258 Å². The summed E-state index contributed by atoms with van der Waals surface area (Å²) in [5.74, 6) is -4.99. The molecule has 2 heterocycles. The molecule has 0 aliphatic heterocycles. The summed E-state index contributed by atoms with van der Waals surface area (Å²) in [6.07, 6.45) is 3.84. The minimum Gasteiger partial charge on any atom is -0.480 e. The van der Waals surface area contributed by atoms with Crippen LogP contribution in [-0.4, -0.2) is 85.5 Å². The first-order valence-electron chi connectivity index (χ1n) is 11.9. The number of imidazole rings is 1. The van der Waals surface area contributed by atoms with Crippen LogP contribution in [0.3, 0.4) is 0 Å². The summed E-state index contributed by atoms with van der Waals surface area (Å²) in [6, 6.07) is 1.88. The normalized spacial score (nSPS) is 14.1. The number of rotatable bonds is 14. The highest BCUT2D eigenvalue weighted by Gasteiger charge is 2.31. The van der Waals surface area contributed by atoms with Gasteiger partial charge in [0.25, 0.3) is 0 Å². The molecular weight excluding hydrogens is 512 g/mol. The predicted molar refractivity (Wildman–Crippen MR) is 137 cm³/mol. The second-order valence-electron chi connectivity index (χ2n) is 8.83. The third-order valence-corrected chi connectivity index (χ3v) is 5.90. The van der Waals surface area contributed by atoms with E-state index < -0.39 is 66.8 Å². The standard InChI is InChI=1S/C24H30N8O7/c25-15(5-12-8-28-16-4-2-1-3-14(12)16)21(35)30-18(7-20(26)34)23(37)31-17(6-13-9-27-11-29-13)22(36)32-19(10-33)24(38)39/h1-4,8-9,11,15,17-19,28,33H,5-7,10,25H2,(H2,26,34)(H,27,29)(H,30,35)(H,31,37)(H,32,36)(H,38,39). The van der Waals surface area contributed by atoms with E-state index in [0.717, 1.165) is 16.5 Å². The fourth-order valence-corrected chi connectivity index (χ4v) is 3.87. The molecule has 11 N–H and O–H groups in total. The van der Waals surface area contributed by atoms with Crippen molar-refractivity contribution in [3.63, 3.8) is 0 Å². The summed E-state index contributed by atoms with van der Waals surface area (Å²) in [6.45, 7) is -0.888. The minimum atomic E-state index is -1.62. The summed E-state index contributed by atoms with van der Waals surface area (Å²) in [5, 5.41) is 26.2. The van der Waals surface area contributed by atoms with Gasteiger partial charge in [0.1, 0.15) is 18.1 Å². The Morgan fingerprint density at radius 2 is 1.59 bits per heavy atom. The predicted octanol–water partition coefficient (Wildman–Crippen LogP) is -2.59. The lowest BCUT2D eigenvalue weighted by atomic mass is 10.0. The van der Waals surface area contributed by atoms with Gasteiger partial charge in [-0.25, -0.2) is 9.78 Å². The van der Waals surface area contributed by atoms with Crippen molar-refractivity contribution in [1.82, 2.24) is 30.9 Å². The molecule has 1 aromatic carbocycles. The van der Waals surface area contributed by atoms with Crippen molar-refractivity contribution < 1.29 is 34.2 Å². The number of nitrogens with two attached hydrogens (primary N) is 2. The Hall–Kier alpha value is -4.76. The third kappa shape index (κ3) is 7.86. The number of carbonyl (C=O) groups excluding carboxylic acids is 4. The molecule has 15 heteroatoms. The summed E-state index contributed by atoms with van der Waals surface area (Å²) in [5.41, 5.74) is 13.4. The molecule has 0 aliphatic carbocycles. The van der Waals surface area contributed by atoms with E-state index in [9.17, 15) is 29.1 Å². The highest BCUT2D eigenvalue weighted by Crippen LogP contribution is 2.18. The number of benzene rings is 1. The zero-order valence-electron chi connectivity index (χ0n) is 20.7. The van der Waals surface area contributed by atoms with Crippen molar-refractivity contribution in [3.8, 4) is 0 Å². The highest BCUT2D eigenvalue weighted by atomic mass is 16.4. The lowest BCUT2D eigenvalue weighted by Crippen LogP contribution is -2.58. The van der Waals surface area contributed by atoms with Gasteiger partial charge in [0.15, 0.2) is 0 Å². The summed E-state index contributed by atoms with van der Waals surface area (Å²) in [4.78, 5) is 71.4. The number of hydrogen-bond donors (Lipinski definition) is 9. The number of carbonyl (C=O) groups is 5. The summed E-state index contributed by atoms with van der Waals surface area (Å²) >= 11 is 0. The third-order valence-electron chi connectivity index (χ3n) is 5.90. The molecule has 0 aliphatic rings. The van der Waals surface area contributed by atoms with Gasteiger partial charge in [-0.15, -0.1) is 0 Å². The van der Waals surface area contributed by atoms with Crippen molar-refractivity contribution in [3.05, 3.63) is 54.2 Å². The number of carboxylic acids is 1. The van der Waals surface area contributed by atoms with Gasteiger partial charge in [-0.3, -0.25) is 19.2 Å². The quantitative estimate of drug-likeness (QED) is 0.103. The van der Waals surface area contributed by atoms with Gasteiger partial charge < -0.3 is 47.6 Å². The Bertz CT molecular complexity index is 1320. The van der Waals surface area contributed by atoms with E-state index in [4.69, 9.17) is 16.6 Å². The van der Waals surface area contributed by atoms with Gasteiger partial charge >= 0.3 is 5.97 Å². The molecule has 4 unspecified atom stereocenters. The molecule has 0 saturated carbocycles. The Kier molecular flexibility index (Phi) is 9.72. The maximum atomic E-state index is 13.1. The zero-order chi connectivity index (χ0) is 28.5. The molecular formula is C24H30N8O7. The molecule has 39 heavy (non-hydrogen) atoms. The summed E-state index contributed by atoms with van der Waals surface area (Å²) < 4.78 is 0. The van der Waals surface area contributed by atoms with Crippen molar-refractivity contribution in [2.75, 3.05) is 6.61 Å². The van der Waals surface area contributed by atoms with Crippen LogP contribution < -0.4 is 27.4 Å². The van der Waals surface area contributed by atoms with E-state index in [1.165, 1.54) is 12.5 Å². The van der Waals surface area contributed by atoms with Gasteiger partial charge in [0, 0.05) is 35.4 Å². The number of hydrogen-bond acceptors (Lipinski definition) is 8.